The van der Waals surface area contributed by atoms with Crippen LogP contribution in [-0.2, 0) is 4.79 Å². The lowest BCUT2D eigenvalue weighted by molar-refractivity contribution is -0.144. The number of hydrogen-bond acceptors (Lipinski definition) is 6. The van der Waals surface area contributed by atoms with Gasteiger partial charge in [0.1, 0.15) is 5.54 Å². The topological polar surface area (TPSA) is 125 Å². The van der Waals surface area contributed by atoms with Gasteiger partial charge in [0.2, 0.25) is 0 Å². The highest BCUT2D eigenvalue weighted by Gasteiger charge is 2.37. The van der Waals surface area contributed by atoms with Crippen LogP contribution in [-0.4, -0.2) is 67.6 Å². The van der Waals surface area contributed by atoms with Gasteiger partial charge in [0.15, 0.2) is 0 Å². The highest BCUT2D eigenvalue weighted by Crippen LogP contribution is 2.31. The lowest BCUT2D eigenvalue weighted by atomic mass is 9.80. The van der Waals surface area contributed by atoms with Gasteiger partial charge in [-0.25, -0.2) is 0 Å². The number of hydrogen-bond donors (Lipinski definition) is 4. The summed E-state index contributed by atoms with van der Waals surface area (Å²) < 4.78 is 1.99. The Morgan fingerprint density at radius 3 is 2.82 bits per heavy atom. The number of aliphatic carboxylic acids is 1. The van der Waals surface area contributed by atoms with Crippen LogP contribution in [0.15, 0.2) is 36.7 Å². The first-order valence-corrected chi connectivity index (χ1v) is 12.0. The fraction of sp³-hybridized carbons (Fsp3) is 0.565. The van der Waals surface area contributed by atoms with Crippen LogP contribution in [0, 0.1) is 0 Å². The van der Waals surface area contributed by atoms with Crippen molar-refractivity contribution in [3.8, 4) is 11.1 Å². The summed E-state index contributed by atoms with van der Waals surface area (Å²) in [6.45, 7) is 3.70. The molecule has 2 aromatic rings. The molecule has 2 heterocycles. The number of benzene rings is 1. The standard InChI is InChI=1S/C23H34BClN4O4/c1-17(13-23(26,22(30)31)10-4-5-11-24(32)33)28-12-6-7-19(16-28)29-15-18(14-27-29)20-8-2-3-9-21(20)25/h2-3,8-9,14-15,17,19,32-33H,4-7,10-13,16,26H2,1H3,(H,30,31). The number of carboxylic acid groups (broad SMARTS) is 1. The molecule has 3 unspecified atom stereocenters. The number of nitrogens with zero attached hydrogens (tertiary/aromatic N) is 3. The van der Waals surface area contributed by atoms with E-state index in [1.165, 1.54) is 0 Å². The molecule has 8 nitrogen and oxygen atoms in total. The second-order valence-electron chi connectivity index (χ2n) is 9.22. The Hall–Kier alpha value is -1.91. The van der Waals surface area contributed by atoms with Crippen molar-refractivity contribution in [3.63, 3.8) is 0 Å². The fourth-order valence-corrected chi connectivity index (χ4v) is 4.94. The van der Waals surface area contributed by atoms with Gasteiger partial charge in [0.05, 0.1) is 12.2 Å². The first-order valence-electron chi connectivity index (χ1n) is 11.6. The Kier molecular flexibility index (Phi) is 8.95. The van der Waals surface area contributed by atoms with Gasteiger partial charge in [-0.05, 0) is 51.5 Å². The third-order valence-electron chi connectivity index (χ3n) is 6.63. The molecule has 0 saturated carbocycles. The van der Waals surface area contributed by atoms with Crippen LogP contribution in [0.25, 0.3) is 11.1 Å². The molecular formula is C23H34BClN4O4. The van der Waals surface area contributed by atoms with Gasteiger partial charge < -0.3 is 20.9 Å². The number of unbranched alkanes of at least 4 members (excludes halogenated alkanes) is 1. The van der Waals surface area contributed by atoms with Gasteiger partial charge in [-0.3, -0.25) is 14.4 Å². The van der Waals surface area contributed by atoms with Gasteiger partial charge in [-0.2, -0.15) is 5.10 Å². The Balaban J connectivity index is 1.62. The molecule has 1 aromatic heterocycles. The maximum Gasteiger partial charge on any atom is 0.451 e. The second-order valence-corrected chi connectivity index (χ2v) is 9.63. The molecule has 0 radical (unpaired) electrons. The summed E-state index contributed by atoms with van der Waals surface area (Å²) in [5, 5.41) is 33.1. The van der Waals surface area contributed by atoms with Crippen molar-refractivity contribution in [3.05, 3.63) is 41.7 Å². The molecule has 1 aromatic carbocycles. The summed E-state index contributed by atoms with van der Waals surface area (Å²) >= 11 is 6.34. The van der Waals surface area contributed by atoms with E-state index in [0.717, 1.165) is 37.1 Å². The van der Waals surface area contributed by atoms with Crippen molar-refractivity contribution in [1.82, 2.24) is 14.7 Å². The van der Waals surface area contributed by atoms with Crippen molar-refractivity contribution < 1.29 is 19.9 Å². The van der Waals surface area contributed by atoms with E-state index in [4.69, 9.17) is 27.4 Å². The number of nitrogens with two attached hydrogens (primary N) is 1. The monoisotopic (exact) mass is 476 g/mol. The molecule has 0 bridgehead atoms. The van der Waals surface area contributed by atoms with E-state index in [0.29, 0.717) is 30.7 Å². The molecule has 3 atom stereocenters. The van der Waals surface area contributed by atoms with Gasteiger partial charge >= 0.3 is 13.1 Å². The van der Waals surface area contributed by atoms with Crippen LogP contribution < -0.4 is 5.73 Å². The molecule has 1 saturated heterocycles. The third-order valence-corrected chi connectivity index (χ3v) is 6.96. The predicted molar refractivity (Wildman–Crippen MR) is 130 cm³/mol. The number of piperidine rings is 1. The summed E-state index contributed by atoms with van der Waals surface area (Å²) in [6, 6.07) is 7.90. The Bertz CT molecular complexity index is 927. The smallest absolute Gasteiger partial charge is 0.451 e. The van der Waals surface area contributed by atoms with Gasteiger partial charge in [-0.15, -0.1) is 0 Å². The number of carbonyl (C=O) groups is 1. The average Bonchev–Trinajstić information content (AvgIpc) is 3.27. The van der Waals surface area contributed by atoms with Crippen LogP contribution in [0.3, 0.4) is 0 Å². The number of carboxylic acids is 1. The minimum Gasteiger partial charge on any atom is -0.480 e. The first-order chi connectivity index (χ1) is 15.7. The summed E-state index contributed by atoms with van der Waals surface area (Å²) in [7, 11) is -1.37. The van der Waals surface area contributed by atoms with Crippen LogP contribution in [0.1, 0.15) is 51.5 Å². The van der Waals surface area contributed by atoms with Crippen molar-refractivity contribution in [2.75, 3.05) is 13.1 Å². The molecule has 180 valence electrons. The molecule has 10 heteroatoms. The van der Waals surface area contributed by atoms with Gasteiger partial charge in [0.25, 0.3) is 0 Å². The quantitative estimate of drug-likeness (QED) is 0.290. The highest BCUT2D eigenvalue weighted by atomic mass is 35.5. The van der Waals surface area contributed by atoms with Crippen LogP contribution in [0.5, 0.6) is 0 Å². The van der Waals surface area contributed by atoms with Crippen molar-refractivity contribution >= 4 is 24.7 Å². The lowest BCUT2D eigenvalue weighted by Crippen LogP contribution is -2.53. The lowest BCUT2D eigenvalue weighted by Gasteiger charge is -2.39. The fourth-order valence-electron chi connectivity index (χ4n) is 4.69. The zero-order valence-corrected chi connectivity index (χ0v) is 19.9. The van der Waals surface area contributed by atoms with Gasteiger partial charge in [0, 0.05) is 34.9 Å². The molecule has 5 N–H and O–H groups in total. The van der Waals surface area contributed by atoms with E-state index in [9.17, 15) is 9.90 Å². The average molecular weight is 477 g/mol. The van der Waals surface area contributed by atoms with Crippen molar-refractivity contribution in [1.29, 1.82) is 0 Å². The van der Waals surface area contributed by atoms with E-state index in [1.54, 1.807) is 0 Å². The third kappa shape index (κ3) is 6.80. The Labute approximate surface area is 200 Å². The zero-order valence-electron chi connectivity index (χ0n) is 19.1. The molecule has 1 fully saturated rings. The second kappa shape index (κ2) is 11.5. The van der Waals surface area contributed by atoms with Crippen molar-refractivity contribution in [2.24, 2.45) is 5.73 Å². The summed E-state index contributed by atoms with van der Waals surface area (Å²) in [6.07, 6.45) is 7.78. The number of likely N-dealkylation sites (tertiary alicyclic amines) is 1. The molecule has 1 aliphatic rings. The minimum atomic E-state index is -1.37. The molecule has 3 rings (SSSR count). The van der Waals surface area contributed by atoms with E-state index in [2.05, 4.69) is 10.00 Å². The SMILES string of the molecule is CC(CC(N)(CCCCB(O)O)C(=O)O)N1CCCC(n2cc(-c3ccccc3Cl)cn2)C1. The van der Waals surface area contributed by atoms with E-state index < -0.39 is 18.6 Å². The molecule has 0 aliphatic carbocycles. The Morgan fingerprint density at radius 2 is 2.12 bits per heavy atom. The highest BCUT2D eigenvalue weighted by molar-refractivity contribution is 6.40. The number of halogens is 1. The zero-order chi connectivity index (χ0) is 24.0. The number of aromatic nitrogens is 2. The summed E-state index contributed by atoms with van der Waals surface area (Å²) in [5.74, 6) is -1.01. The molecule has 0 amide bonds. The molecule has 1 aliphatic heterocycles. The minimum absolute atomic E-state index is 0.00377. The Morgan fingerprint density at radius 1 is 1.36 bits per heavy atom. The van der Waals surface area contributed by atoms with E-state index >= 15 is 0 Å². The number of rotatable bonds is 11. The maximum atomic E-state index is 12.0. The molecular weight excluding hydrogens is 443 g/mol. The van der Waals surface area contributed by atoms with E-state index in [-0.39, 0.29) is 18.4 Å². The van der Waals surface area contributed by atoms with Gasteiger partial charge in [-0.1, -0.05) is 42.6 Å². The van der Waals surface area contributed by atoms with Crippen molar-refractivity contribution in [2.45, 2.75) is 69.4 Å². The van der Waals surface area contributed by atoms with Crippen LogP contribution >= 0.6 is 11.6 Å². The molecule has 33 heavy (non-hydrogen) atoms. The normalized spacial score (nSPS) is 19.7. The predicted octanol–water partition coefficient (Wildman–Crippen LogP) is 3.04. The first kappa shape index (κ1) is 25.7. The maximum absolute atomic E-state index is 12.0. The van der Waals surface area contributed by atoms with Crippen LogP contribution in [0.2, 0.25) is 11.3 Å². The summed E-state index contributed by atoms with van der Waals surface area (Å²) in [4.78, 5) is 14.2. The summed E-state index contributed by atoms with van der Waals surface area (Å²) in [5.41, 5.74) is 6.90. The van der Waals surface area contributed by atoms with Crippen LogP contribution in [0.4, 0.5) is 0 Å². The largest absolute Gasteiger partial charge is 0.480 e. The van der Waals surface area contributed by atoms with E-state index in [1.807, 2.05) is 48.3 Å². The molecule has 0 spiro atoms.